The molecular formula is C15H25N3O2. The Labute approximate surface area is 120 Å². The molecule has 1 rings (SSSR count). The fraction of sp³-hybridized carbons (Fsp3) is 0.533. The highest BCUT2D eigenvalue weighted by Crippen LogP contribution is 2.33. The summed E-state index contributed by atoms with van der Waals surface area (Å²) >= 11 is 0. The Balaban J connectivity index is 3.09. The fourth-order valence-corrected chi connectivity index (χ4v) is 2.04. The van der Waals surface area contributed by atoms with Crippen LogP contribution in [0.1, 0.15) is 27.7 Å². The van der Waals surface area contributed by atoms with Crippen molar-refractivity contribution in [3.63, 3.8) is 0 Å². The Kier molecular flexibility index (Phi) is 5.67. The van der Waals surface area contributed by atoms with E-state index in [9.17, 15) is 4.79 Å². The Bertz CT molecular complexity index is 458. The standard InChI is InChI=1S/C15H25N3O2/c1-10(2)8-18(9-14(16)19)12-6-5-7-13(15(12)17)20-11(3)4/h5-7,10-11H,8-9,17H2,1-4H3,(H2,16,19). The molecular weight excluding hydrogens is 254 g/mol. The number of nitrogens with two attached hydrogens (primary N) is 2. The van der Waals surface area contributed by atoms with Gasteiger partial charge in [-0.2, -0.15) is 0 Å². The zero-order valence-electron chi connectivity index (χ0n) is 12.7. The molecule has 112 valence electrons. The predicted molar refractivity (Wildman–Crippen MR) is 82.9 cm³/mol. The van der Waals surface area contributed by atoms with Gasteiger partial charge in [-0.25, -0.2) is 0 Å². The lowest BCUT2D eigenvalue weighted by Gasteiger charge is -2.27. The number of nitrogen functional groups attached to an aromatic ring is 1. The van der Waals surface area contributed by atoms with Gasteiger partial charge in [0, 0.05) is 6.54 Å². The summed E-state index contributed by atoms with van der Waals surface area (Å²) in [7, 11) is 0. The summed E-state index contributed by atoms with van der Waals surface area (Å²) in [5.41, 5.74) is 12.8. The van der Waals surface area contributed by atoms with Crippen molar-refractivity contribution in [2.24, 2.45) is 11.7 Å². The molecule has 0 unspecified atom stereocenters. The lowest BCUT2D eigenvalue weighted by atomic mass is 10.1. The molecule has 0 aromatic heterocycles. The number of rotatable bonds is 7. The van der Waals surface area contributed by atoms with Crippen molar-refractivity contribution in [2.75, 3.05) is 23.7 Å². The number of hydrogen-bond acceptors (Lipinski definition) is 4. The molecule has 0 aliphatic rings. The van der Waals surface area contributed by atoms with Gasteiger partial charge >= 0.3 is 0 Å². The third-order valence-electron chi connectivity index (χ3n) is 2.68. The number of nitrogens with zero attached hydrogens (tertiary/aromatic N) is 1. The van der Waals surface area contributed by atoms with E-state index < -0.39 is 0 Å². The van der Waals surface area contributed by atoms with Crippen LogP contribution in [-0.4, -0.2) is 25.1 Å². The largest absolute Gasteiger partial charge is 0.489 e. The number of carbonyl (C=O) groups is 1. The number of anilines is 2. The van der Waals surface area contributed by atoms with E-state index in [1.807, 2.05) is 36.9 Å². The van der Waals surface area contributed by atoms with Crippen LogP contribution in [0.5, 0.6) is 5.75 Å². The summed E-state index contributed by atoms with van der Waals surface area (Å²) in [6.45, 7) is 8.91. The number of para-hydroxylation sites is 1. The monoisotopic (exact) mass is 279 g/mol. The van der Waals surface area contributed by atoms with Gasteiger partial charge in [-0.1, -0.05) is 19.9 Å². The SMILES string of the molecule is CC(C)CN(CC(N)=O)c1cccc(OC(C)C)c1N. The highest BCUT2D eigenvalue weighted by Gasteiger charge is 2.16. The maximum Gasteiger partial charge on any atom is 0.236 e. The van der Waals surface area contributed by atoms with E-state index in [1.54, 1.807) is 0 Å². The minimum atomic E-state index is -0.375. The smallest absolute Gasteiger partial charge is 0.236 e. The van der Waals surface area contributed by atoms with E-state index in [0.29, 0.717) is 23.9 Å². The molecule has 0 atom stereocenters. The topological polar surface area (TPSA) is 81.6 Å². The molecule has 20 heavy (non-hydrogen) atoms. The van der Waals surface area contributed by atoms with E-state index >= 15 is 0 Å². The van der Waals surface area contributed by atoms with Gasteiger partial charge in [-0.15, -0.1) is 0 Å². The maximum absolute atomic E-state index is 11.2. The molecule has 0 saturated heterocycles. The molecule has 0 heterocycles. The molecule has 4 N–H and O–H groups in total. The van der Waals surface area contributed by atoms with Crippen LogP contribution in [0.25, 0.3) is 0 Å². The van der Waals surface area contributed by atoms with Crippen molar-refractivity contribution in [3.05, 3.63) is 18.2 Å². The zero-order valence-corrected chi connectivity index (χ0v) is 12.7. The molecule has 0 bridgehead atoms. The van der Waals surface area contributed by atoms with Crippen LogP contribution in [0.3, 0.4) is 0 Å². The lowest BCUT2D eigenvalue weighted by Crippen LogP contribution is -2.36. The van der Waals surface area contributed by atoms with Gasteiger partial charge in [0.05, 0.1) is 24.0 Å². The van der Waals surface area contributed by atoms with Crippen LogP contribution in [-0.2, 0) is 4.79 Å². The Morgan fingerprint density at radius 2 is 1.95 bits per heavy atom. The van der Waals surface area contributed by atoms with Crippen LogP contribution in [0.15, 0.2) is 18.2 Å². The number of hydrogen-bond donors (Lipinski definition) is 2. The number of primary amides is 1. The summed E-state index contributed by atoms with van der Waals surface area (Å²) < 4.78 is 5.68. The molecule has 0 saturated carbocycles. The fourth-order valence-electron chi connectivity index (χ4n) is 2.04. The van der Waals surface area contributed by atoms with Gasteiger partial charge in [0.15, 0.2) is 0 Å². The second kappa shape index (κ2) is 7.03. The van der Waals surface area contributed by atoms with Gasteiger partial charge in [-0.3, -0.25) is 4.79 Å². The Hall–Kier alpha value is -1.91. The van der Waals surface area contributed by atoms with Gasteiger partial charge < -0.3 is 21.1 Å². The molecule has 5 heteroatoms. The number of carbonyl (C=O) groups excluding carboxylic acids is 1. The van der Waals surface area contributed by atoms with Crippen LogP contribution < -0.4 is 21.1 Å². The first-order valence-electron chi connectivity index (χ1n) is 6.89. The first-order chi connectivity index (χ1) is 9.31. The van der Waals surface area contributed by atoms with Crippen LogP contribution in [0, 0.1) is 5.92 Å². The number of benzene rings is 1. The summed E-state index contributed by atoms with van der Waals surface area (Å²) in [5.74, 6) is 0.652. The first kappa shape index (κ1) is 16.1. The van der Waals surface area contributed by atoms with Crippen molar-refractivity contribution < 1.29 is 9.53 Å². The maximum atomic E-state index is 11.2. The van der Waals surface area contributed by atoms with Crippen molar-refractivity contribution in [1.29, 1.82) is 0 Å². The third kappa shape index (κ3) is 4.64. The number of ether oxygens (including phenoxy) is 1. The molecule has 1 aromatic carbocycles. The van der Waals surface area contributed by atoms with E-state index in [1.165, 1.54) is 0 Å². The minimum absolute atomic E-state index is 0.0437. The quantitative estimate of drug-likeness (QED) is 0.748. The normalized spacial score (nSPS) is 10.9. The van der Waals surface area contributed by atoms with E-state index in [2.05, 4.69) is 13.8 Å². The Morgan fingerprint density at radius 1 is 1.30 bits per heavy atom. The number of amides is 1. The summed E-state index contributed by atoms with van der Waals surface area (Å²) in [6.07, 6.45) is 0.0437. The molecule has 0 spiro atoms. The second-order valence-electron chi connectivity index (χ2n) is 5.60. The van der Waals surface area contributed by atoms with E-state index in [0.717, 1.165) is 5.69 Å². The van der Waals surface area contributed by atoms with E-state index in [-0.39, 0.29) is 18.6 Å². The lowest BCUT2D eigenvalue weighted by molar-refractivity contribution is -0.116. The molecule has 0 aliphatic heterocycles. The van der Waals surface area contributed by atoms with Gasteiger partial charge in [0.2, 0.25) is 5.91 Å². The molecule has 0 radical (unpaired) electrons. The average Bonchev–Trinajstić information content (AvgIpc) is 2.29. The first-order valence-corrected chi connectivity index (χ1v) is 6.89. The molecule has 0 fully saturated rings. The molecule has 1 amide bonds. The molecule has 0 aliphatic carbocycles. The highest BCUT2D eigenvalue weighted by molar-refractivity contribution is 5.83. The van der Waals surface area contributed by atoms with Gasteiger partial charge in [0.25, 0.3) is 0 Å². The Morgan fingerprint density at radius 3 is 2.45 bits per heavy atom. The zero-order chi connectivity index (χ0) is 15.3. The van der Waals surface area contributed by atoms with Gasteiger partial charge in [0.1, 0.15) is 5.75 Å². The molecule has 5 nitrogen and oxygen atoms in total. The van der Waals surface area contributed by atoms with Gasteiger partial charge in [-0.05, 0) is 31.9 Å². The summed E-state index contributed by atoms with van der Waals surface area (Å²) in [5, 5.41) is 0. The predicted octanol–water partition coefficient (Wildman–Crippen LogP) is 2.00. The summed E-state index contributed by atoms with van der Waals surface area (Å²) in [6, 6.07) is 5.59. The third-order valence-corrected chi connectivity index (χ3v) is 2.68. The van der Waals surface area contributed by atoms with Crippen LogP contribution >= 0.6 is 0 Å². The average molecular weight is 279 g/mol. The van der Waals surface area contributed by atoms with Crippen LogP contribution in [0.4, 0.5) is 11.4 Å². The highest BCUT2D eigenvalue weighted by atomic mass is 16.5. The van der Waals surface area contributed by atoms with Crippen molar-refractivity contribution in [1.82, 2.24) is 0 Å². The van der Waals surface area contributed by atoms with Crippen LogP contribution in [0.2, 0.25) is 0 Å². The van der Waals surface area contributed by atoms with E-state index in [4.69, 9.17) is 16.2 Å². The summed E-state index contributed by atoms with van der Waals surface area (Å²) in [4.78, 5) is 13.1. The molecule has 1 aromatic rings. The minimum Gasteiger partial charge on any atom is -0.489 e. The second-order valence-corrected chi connectivity index (χ2v) is 5.60. The van der Waals surface area contributed by atoms with Crippen molar-refractivity contribution in [2.45, 2.75) is 33.8 Å². The van der Waals surface area contributed by atoms with Crippen molar-refractivity contribution in [3.8, 4) is 5.75 Å². The van der Waals surface area contributed by atoms with Crippen molar-refractivity contribution >= 4 is 17.3 Å².